The number of nitrogens with two attached hydrogens (primary N) is 1. The van der Waals surface area contributed by atoms with Crippen molar-refractivity contribution in [3.8, 4) is 0 Å². The van der Waals surface area contributed by atoms with Gasteiger partial charge in [0.15, 0.2) is 0 Å². The van der Waals surface area contributed by atoms with Gasteiger partial charge in [-0.25, -0.2) is 44.9 Å². The second kappa shape index (κ2) is 18.2. The number of aromatic nitrogens is 12. The van der Waals surface area contributed by atoms with E-state index in [9.17, 15) is 0 Å². The lowest BCUT2D eigenvalue weighted by Gasteiger charge is -2.02. The predicted octanol–water partition coefficient (Wildman–Crippen LogP) is 4.82. The molecule has 0 bridgehead atoms. The molecule has 4 N–H and O–H groups in total. The van der Waals surface area contributed by atoms with Crippen LogP contribution in [-0.2, 0) is 0 Å². The van der Waals surface area contributed by atoms with Crippen molar-refractivity contribution >= 4 is 63.9 Å². The Balaban J connectivity index is 0.000000164. The molecule has 0 unspecified atom stereocenters. The zero-order valence-electron chi connectivity index (χ0n) is 22.2. The first-order valence-corrected chi connectivity index (χ1v) is 13.0. The molecule has 15 nitrogen and oxygen atoms in total. The molecular weight excluding hydrogens is 617 g/mol. The quantitative estimate of drug-likeness (QED) is 0.221. The van der Waals surface area contributed by atoms with Crippen molar-refractivity contribution in [3.63, 3.8) is 0 Å². The smallest absolute Gasteiger partial charge is 0.150 e. The number of nitrogens with one attached hydrogen (secondary N) is 2. The highest BCUT2D eigenvalue weighted by molar-refractivity contribution is 6.33. The van der Waals surface area contributed by atoms with Gasteiger partial charge in [0.25, 0.3) is 0 Å². The number of hydrogen-bond acceptors (Lipinski definition) is 15. The molecular formula is C25H22Cl3N15. The number of halogens is 3. The maximum absolute atomic E-state index is 5.68. The first kappa shape index (κ1) is 32.3. The van der Waals surface area contributed by atoms with Crippen LogP contribution in [0.15, 0.2) is 93.0 Å². The van der Waals surface area contributed by atoms with Gasteiger partial charge in [0, 0.05) is 61.1 Å². The highest BCUT2D eigenvalue weighted by atomic mass is 35.5. The average molecular weight is 639 g/mol. The van der Waals surface area contributed by atoms with Crippen LogP contribution in [0.1, 0.15) is 5.69 Å². The molecule has 0 amide bonds. The van der Waals surface area contributed by atoms with Gasteiger partial charge < -0.3 is 16.4 Å². The Morgan fingerprint density at radius 1 is 0.488 bits per heavy atom. The van der Waals surface area contributed by atoms with Crippen LogP contribution in [0.4, 0.5) is 29.1 Å². The molecule has 0 aliphatic carbocycles. The fourth-order valence-corrected chi connectivity index (χ4v) is 3.03. The minimum absolute atomic E-state index is 0.366. The Morgan fingerprint density at radius 3 is 1.33 bits per heavy atom. The lowest BCUT2D eigenvalue weighted by atomic mass is 10.4. The summed E-state index contributed by atoms with van der Waals surface area (Å²) in [6, 6.07) is 4.92. The van der Waals surface area contributed by atoms with Crippen molar-refractivity contribution in [2.45, 2.75) is 6.92 Å². The summed E-state index contributed by atoms with van der Waals surface area (Å²) in [5.41, 5.74) is 6.09. The minimum Gasteiger partial charge on any atom is -0.382 e. The van der Waals surface area contributed by atoms with Crippen molar-refractivity contribution in [2.75, 3.05) is 16.4 Å². The van der Waals surface area contributed by atoms with Crippen LogP contribution in [0.3, 0.4) is 0 Å². The van der Waals surface area contributed by atoms with Gasteiger partial charge in [-0.2, -0.15) is 0 Å². The Kier molecular flexibility index (Phi) is 13.7. The summed E-state index contributed by atoms with van der Waals surface area (Å²) in [7, 11) is 0. The van der Waals surface area contributed by atoms with E-state index in [1.54, 1.807) is 55.6 Å². The van der Waals surface area contributed by atoms with Crippen molar-refractivity contribution in [3.05, 3.63) is 114 Å². The van der Waals surface area contributed by atoms with Gasteiger partial charge >= 0.3 is 0 Å². The molecule has 0 spiro atoms. The van der Waals surface area contributed by atoms with Gasteiger partial charge in [-0.05, 0) is 6.92 Å². The summed E-state index contributed by atoms with van der Waals surface area (Å²) < 4.78 is 0. The second-order valence-corrected chi connectivity index (χ2v) is 8.66. The lowest BCUT2D eigenvalue weighted by Crippen LogP contribution is -1.97. The van der Waals surface area contributed by atoms with Crippen molar-refractivity contribution in [1.29, 1.82) is 0 Å². The first-order valence-electron chi connectivity index (χ1n) is 11.8. The molecule has 43 heavy (non-hydrogen) atoms. The zero-order chi connectivity index (χ0) is 30.7. The molecule has 6 aromatic heterocycles. The van der Waals surface area contributed by atoms with E-state index in [1.165, 1.54) is 31.2 Å². The van der Waals surface area contributed by atoms with Crippen molar-refractivity contribution in [1.82, 2.24) is 59.8 Å². The molecule has 0 atom stereocenters. The maximum atomic E-state index is 5.68. The molecule has 6 heterocycles. The molecule has 0 radical (unpaired) electrons. The third-order valence-corrected chi connectivity index (χ3v) is 4.88. The zero-order valence-corrected chi connectivity index (χ0v) is 24.5. The van der Waals surface area contributed by atoms with Crippen molar-refractivity contribution in [2.24, 2.45) is 0 Å². The molecule has 0 saturated heterocycles. The maximum Gasteiger partial charge on any atom is 0.150 e. The van der Waals surface area contributed by atoms with Gasteiger partial charge in [0.05, 0.1) is 18.6 Å². The second-order valence-electron chi connectivity index (χ2n) is 7.50. The normalized spacial score (nSPS) is 9.49. The van der Waals surface area contributed by atoms with Gasteiger partial charge in [0.2, 0.25) is 0 Å². The van der Waals surface area contributed by atoms with E-state index in [0.717, 1.165) is 11.5 Å². The largest absolute Gasteiger partial charge is 0.382 e. The van der Waals surface area contributed by atoms with Crippen LogP contribution in [0.5, 0.6) is 0 Å². The van der Waals surface area contributed by atoms with Gasteiger partial charge in [-0.15, -0.1) is 0 Å². The van der Waals surface area contributed by atoms with E-state index in [1.807, 2.05) is 13.0 Å². The highest BCUT2D eigenvalue weighted by Crippen LogP contribution is 2.13. The fraction of sp³-hybridized carbons (Fsp3) is 0.0400. The Bertz CT molecular complexity index is 1540. The molecule has 18 heteroatoms. The van der Waals surface area contributed by atoms with E-state index >= 15 is 0 Å². The molecule has 0 aliphatic rings. The summed E-state index contributed by atoms with van der Waals surface area (Å²) >= 11 is 16.5. The van der Waals surface area contributed by atoms with E-state index in [0.29, 0.717) is 38.7 Å². The number of nitrogens with zero attached hydrogens (tertiary/aromatic N) is 12. The van der Waals surface area contributed by atoms with Crippen LogP contribution in [0.2, 0.25) is 15.5 Å². The first-order chi connectivity index (χ1) is 20.9. The summed E-state index contributed by atoms with van der Waals surface area (Å²) in [5, 5.41) is 7.07. The third-order valence-electron chi connectivity index (χ3n) is 4.26. The molecule has 6 rings (SSSR count). The summed E-state index contributed by atoms with van der Waals surface area (Å²) in [6.07, 6.45) is 18.5. The van der Waals surface area contributed by atoms with Crippen LogP contribution < -0.4 is 16.4 Å². The summed E-state index contributed by atoms with van der Waals surface area (Å²) in [6.45, 7) is 1.91. The van der Waals surface area contributed by atoms with Gasteiger partial charge in [-0.1, -0.05) is 34.8 Å². The predicted molar refractivity (Wildman–Crippen MR) is 163 cm³/mol. The van der Waals surface area contributed by atoms with Crippen molar-refractivity contribution < 1.29 is 0 Å². The standard InChI is InChI=1S/C9H9N5.C8H6ClN5.C4H2Cl2N2.C4H5N3/c1-7-4-8(13-6-12-7)14-9-5-10-2-3-11-9;9-6-3-7(13-5-12-6)14-8-4-10-1-2-11-8;5-3-1-4(6)8-2-7-3;5-4-3-6-1-2-7-4/h2-6H,1H3,(H,11,12,13,14);1-5H,(H,11,12,13,14);1-2H;1-3H,(H2,5,7). The number of hydrogen-bond donors (Lipinski definition) is 3. The molecule has 218 valence electrons. The Morgan fingerprint density at radius 2 is 0.953 bits per heavy atom. The summed E-state index contributed by atoms with van der Waals surface area (Å²) in [5.74, 6) is 3.05. The molecule has 6 aromatic rings. The van der Waals surface area contributed by atoms with Crippen LogP contribution >= 0.6 is 34.8 Å². The molecule has 0 aromatic carbocycles. The number of anilines is 5. The SMILES string of the molecule is Cc1cc(Nc2cnccn2)ncn1.Clc1cc(Cl)ncn1.Clc1cc(Nc2cnccn2)ncn1.Nc1cnccn1. The Labute approximate surface area is 260 Å². The summed E-state index contributed by atoms with van der Waals surface area (Å²) in [4.78, 5) is 46.3. The topological polar surface area (TPSA) is 205 Å². The fourth-order valence-electron chi connectivity index (χ4n) is 2.54. The van der Waals surface area contributed by atoms with Gasteiger partial charge in [0.1, 0.15) is 63.5 Å². The van der Waals surface area contributed by atoms with Crippen LogP contribution in [-0.4, -0.2) is 59.8 Å². The third kappa shape index (κ3) is 13.8. The highest BCUT2D eigenvalue weighted by Gasteiger charge is 1.98. The molecule has 0 fully saturated rings. The van der Waals surface area contributed by atoms with E-state index < -0.39 is 0 Å². The van der Waals surface area contributed by atoms with E-state index in [-0.39, 0.29) is 0 Å². The Hall–Kier alpha value is -5.25. The number of aryl methyl sites for hydroxylation is 1. The van der Waals surface area contributed by atoms with Crippen LogP contribution in [0, 0.1) is 6.92 Å². The monoisotopic (exact) mass is 637 g/mol. The number of nitrogen functional groups attached to an aromatic ring is 1. The average Bonchev–Trinajstić information content (AvgIpc) is 3.00. The van der Waals surface area contributed by atoms with E-state index in [2.05, 4.69) is 70.4 Å². The molecule has 0 saturated carbocycles. The lowest BCUT2D eigenvalue weighted by molar-refractivity contribution is 1.09. The van der Waals surface area contributed by atoms with Crippen LogP contribution in [0.25, 0.3) is 0 Å². The minimum atomic E-state index is 0.366. The van der Waals surface area contributed by atoms with Gasteiger partial charge in [-0.3, -0.25) is 15.0 Å². The molecule has 0 aliphatic heterocycles. The van der Waals surface area contributed by atoms with E-state index in [4.69, 9.17) is 40.5 Å². The number of rotatable bonds is 4.